The molecule has 0 aliphatic rings. The fourth-order valence-corrected chi connectivity index (χ4v) is 3.34. The van der Waals surface area contributed by atoms with Crippen molar-refractivity contribution < 1.29 is 14.0 Å². The summed E-state index contributed by atoms with van der Waals surface area (Å²) in [7, 11) is 1.49. The van der Waals surface area contributed by atoms with Crippen LogP contribution in [0.15, 0.2) is 73.2 Å². The number of rotatable bonds is 5. The number of hydrogen-bond donors (Lipinski definition) is 2. The lowest BCUT2D eigenvalue weighted by atomic mass is 10.1. The molecule has 0 unspecified atom stereocenters. The van der Waals surface area contributed by atoms with Crippen molar-refractivity contribution in [1.29, 1.82) is 0 Å². The number of amides is 2. The molecule has 2 aromatic carbocycles. The number of halogens is 2. The van der Waals surface area contributed by atoms with E-state index in [-0.39, 0.29) is 27.7 Å². The average molecular weight is 438 g/mol. The Morgan fingerprint density at radius 1 is 1.00 bits per heavy atom. The van der Waals surface area contributed by atoms with Crippen LogP contribution in [-0.2, 0) is 0 Å². The lowest BCUT2D eigenvalue weighted by Gasteiger charge is -2.12. The van der Waals surface area contributed by atoms with E-state index in [1.165, 1.54) is 36.1 Å². The van der Waals surface area contributed by atoms with Gasteiger partial charge in [0.25, 0.3) is 11.8 Å². The van der Waals surface area contributed by atoms with Crippen LogP contribution in [0.3, 0.4) is 0 Å². The van der Waals surface area contributed by atoms with Gasteiger partial charge in [0, 0.05) is 25.1 Å². The second-order valence-corrected chi connectivity index (χ2v) is 6.97. The van der Waals surface area contributed by atoms with Crippen molar-refractivity contribution in [1.82, 2.24) is 19.7 Å². The molecule has 2 aromatic heterocycles. The average Bonchev–Trinajstić information content (AvgIpc) is 3.44. The summed E-state index contributed by atoms with van der Waals surface area (Å²) in [6.45, 7) is 0. The van der Waals surface area contributed by atoms with Crippen LogP contribution in [0.1, 0.15) is 20.7 Å². The summed E-state index contributed by atoms with van der Waals surface area (Å²) >= 11 is 6.08. The van der Waals surface area contributed by atoms with E-state index in [1.54, 1.807) is 53.4 Å². The van der Waals surface area contributed by atoms with Crippen LogP contribution in [0.2, 0.25) is 5.02 Å². The van der Waals surface area contributed by atoms with Crippen molar-refractivity contribution in [2.75, 3.05) is 12.4 Å². The minimum Gasteiger partial charge on any atom is -0.355 e. The van der Waals surface area contributed by atoms with E-state index >= 15 is 0 Å². The van der Waals surface area contributed by atoms with Gasteiger partial charge in [-0.15, -0.1) is 0 Å². The van der Waals surface area contributed by atoms with Gasteiger partial charge in [-0.05, 0) is 42.5 Å². The third kappa shape index (κ3) is 3.93. The molecule has 4 aromatic rings. The molecule has 0 aliphatic heterocycles. The first-order chi connectivity index (χ1) is 15.0. The number of hydrogen-bond acceptors (Lipinski definition) is 3. The summed E-state index contributed by atoms with van der Waals surface area (Å²) in [6.07, 6.45) is 4.83. The van der Waals surface area contributed by atoms with Gasteiger partial charge >= 0.3 is 0 Å². The van der Waals surface area contributed by atoms with Gasteiger partial charge in [-0.3, -0.25) is 9.59 Å². The van der Waals surface area contributed by atoms with Gasteiger partial charge in [-0.1, -0.05) is 23.7 Å². The third-order valence-corrected chi connectivity index (χ3v) is 4.94. The maximum Gasteiger partial charge on any atom is 0.261 e. The summed E-state index contributed by atoms with van der Waals surface area (Å²) in [5, 5.41) is 9.76. The molecule has 0 fully saturated rings. The van der Waals surface area contributed by atoms with Crippen molar-refractivity contribution in [3.63, 3.8) is 0 Å². The van der Waals surface area contributed by atoms with Gasteiger partial charge in [-0.25, -0.2) is 9.07 Å². The predicted octanol–water partition coefficient (Wildman–Crippen LogP) is 4.07. The first-order valence-electron chi connectivity index (χ1n) is 9.29. The van der Waals surface area contributed by atoms with Crippen LogP contribution >= 0.6 is 11.6 Å². The lowest BCUT2D eigenvalue weighted by Crippen LogP contribution is -2.19. The molecule has 0 atom stereocenters. The molecular weight excluding hydrogens is 421 g/mol. The normalized spacial score (nSPS) is 10.7. The smallest absolute Gasteiger partial charge is 0.261 e. The first-order valence-corrected chi connectivity index (χ1v) is 9.66. The largest absolute Gasteiger partial charge is 0.355 e. The molecule has 0 radical (unpaired) electrons. The fourth-order valence-electron chi connectivity index (χ4n) is 3.14. The van der Waals surface area contributed by atoms with Gasteiger partial charge in [-0.2, -0.15) is 5.10 Å². The van der Waals surface area contributed by atoms with E-state index in [0.717, 1.165) is 0 Å². The summed E-state index contributed by atoms with van der Waals surface area (Å²) in [6, 6.07) is 14.3. The Labute approximate surface area is 182 Å². The molecule has 0 saturated heterocycles. The number of anilines is 1. The van der Waals surface area contributed by atoms with Gasteiger partial charge in [0.15, 0.2) is 5.82 Å². The quantitative estimate of drug-likeness (QED) is 0.494. The molecule has 9 heteroatoms. The van der Waals surface area contributed by atoms with E-state index in [4.69, 9.17) is 11.6 Å². The van der Waals surface area contributed by atoms with Crippen LogP contribution in [0.25, 0.3) is 11.5 Å². The van der Waals surface area contributed by atoms with Gasteiger partial charge in [0.05, 0.1) is 16.8 Å². The molecule has 2 amide bonds. The maximum atomic E-state index is 14.4. The number of aromatic nitrogens is 3. The maximum absolute atomic E-state index is 14.4. The van der Waals surface area contributed by atoms with Gasteiger partial charge in [0.2, 0.25) is 0 Å². The molecular formula is C22H17ClFN5O2. The first kappa shape index (κ1) is 20.4. The van der Waals surface area contributed by atoms with Crippen LogP contribution in [-0.4, -0.2) is 33.2 Å². The number of nitrogens with one attached hydrogen (secondary N) is 2. The number of nitrogens with zero attached hydrogens (tertiary/aromatic N) is 3. The summed E-state index contributed by atoms with van der Waals surface area (Å²) in [5.41, 5.74) is 1.04. The zero-order chi connectivity index (χ0) is 22.0. The van der Waals surface area contributed by atoms with Crippen LogP contribution in [0, 0.1) is 5.82 Å². The number of carbonyl (C=O) groups is 2. The molecule has 0 bridgehead atoms. The Kier molecular flexibility index (Phi) is 5.55. The topological polar surface area (TPSA) is 81.0 Å². The molecule has 0 saturated carbocycles. The number of para-hydroxylation sites is 1. The second-order valence-electron chi connectivity index (χ2n) is 6.56. The van der Waals surface area contributed by atoms with Crippen molar-refractivity contribution in [3.05, 3.63) is 95.2 Å². The van der Waals surface area contributed by atoms with E-state index in [2.05, 4.69) is 15.7 Å². The van der Waals surface area contributed by atoms with Crippen molar-refractivity contribution >= 4 is 29.1 Å². The standard InChI is InChI=1S/C22H17ClFN5O2/c1-25-20(30)15-12-14(8-9-17(15)23)27-21(31)16-13-26-29(19-7-3-2-6-18(19)24)22(16)28-10-4-5-11-28/h2-13H,1H3,(H,25,30)(H,27,31). The van der Waals surface area contributed by atoms with E-state index in [9.17, 15) is 14.0 Å². The van der Waals surface area contributed by atoms with Crippen LogP contribution in [0.5, 0.6) is 0 Å². The van der Waals surface area contributed by atoms with E-state index < -0.39 is 11.7 Å². The van der Waals surface area contributed by atoms with Crippen molar-refractivity contribution in [2.24, 2.45) is 0 Å². The molecule has 0 spiro atoms. The van der Waals surface area contributed by atoms with Crippen LogP contribution in [0.4, 0.5) is 10.1 Å². The number of carbonyl (C=O) groups excluding carboxylic acids is 2. The molecule has 31 heavy (non-hydrogen) atoms. The van der Waals surface area contributed by atoms with Crippen LogP contribution < -0.4 is 10.6 Å². The Hall–Kier alpha value is -3.91. The predicted molar refractivity (Wildman–Crippen MR) is 116 cm³/mol. The van der Waals surface area contributed by atoms with Gasteiger partial charge in [0.1, 0.15) is 17.1 Å². The molecule has 4 rings (SSSR count). The van der Waals surface area contributed by atoms with Gasteiger partial charge < -0.3 is 15.2 Å². The minimum atomic E-state index is -0.475. The third-order valence-electron chi connectivity index (χ3n) is 4.61. The second kappa shape index (κ2) is 8.45. The lowest BCUT2D eigenvalue weighted by molar-refractivity contribution is 0.0961. The highest BCUT2D eigenvalue weighted by Gasteiger charge is 2.22. The van der Waals surface area contributed by atoms with Crippen molar-refractivity contribution in [2.45, 2.75) is 0 Å². The minimum absolute atomic E-state index is 0.207. The summed E-state index contributed by atoms with van der Waals surface area (Å²) in [4.78, 5) is 25.1. The molecule has 0 aliphatic carbocycles. The highest BCUT2D eigenvalue weighted by atomic mass is 35.5. The van der Waals surface area contributed by atoms with E-state index in [1.807, 2.05) is 0 Å². The Balaban J connectivity index is 1.75. The molecule has 2 heterocycles. The fraction of sp³-hybridized carbons (Fsp3) is 0.0455. The highest BCUT2D eigenvalue weighted by molar-refractivity contribution is 6.34. The molecule has 2 N–H and O–H groups in total. The molecule has 156 valence electrons. The zero-order valence-electron chi connectivity index (χ0n) is 16.3. The SMILES string of the molecule is CNC(=O)c1cc(NC(=O)c2cnn(-c3ccccc3F)c2-n2cccc2)ccc1Cl. The van der Waals surface area contributed by atoms with Crippen molar-refractivity contribution in [3.8, 4) is 11.5 Å². The Morgan fingerprint density at radius 3 is 2.45 bits per heavy atom. The van der Waals surface area contributed by atoms with E-state index in [0.29, 0.717) is 11.5 Å². The monoisotopic (exact) mass is 437 g/mol. The Morgan fingerprint density at radius 2 is 1.74 bits per heavy atom. The Bertz CT molecular complexity index is 1270. The zero-order valence-corrected chi connectivity index (χ0v) is 17.1. The number of benzene rings is 2. The summed E-state index contributed by atoms with van der Waals surface area (Å²) in [5.74, 6) is -0.954. The summed E-state index contributed by atoms with van der Waals surface area (Å²) < 4.78 is 17.5. The molecule has 7 nitrogen and oxygen atoms in total. The highest BCUT2D eigenvalue weighted by Crippen LogP contribution is 2.24.